The number of nitrogens with zero attached hydrogens (tertiary/aromatic N) is 3. The minimum Gasteiger partial charge on any atom is -0.375 e. The number of rotatable bonds is 4. The van der Waals surface area contributed by atoms with Crippen LogP contribution in [-0.4, -0.2) is 80.4 Å². The van der Waals surface area contributed by atoms with Crippen molar-refractivity contribution in [3.63, 3.8) is 0 Å². The lowest BCUT2D eigenvalue weighted by Crippen LogP contribution is -2.57. The normalized spacial score (nSPS) is 26.9. The van der Waals surface area contributed by atoms with Gasteiger partial charge < -0.3 is 9.64 Å². The smallest absolute Gasteiger partial charge is 0.216 e. The van der Waals surface area contributed by atoms with E-state index in [4.69, 9.17) is 4.74 Å². The Morgan fingerprint density at radius 3 is 2.28 bits per heavy atom. The van der Waals surface area contributed by atoms with Crippen LogP contribution in [-0.2, 0) is 14.8 Å². The zero-order valence-corrected chi connectivity index (χ0v) is 18.6. The largest absolute Gasteiger partial charge is 0.375 e. The van der Waals surface area contributed by atoms with Crippen LogP contribution in [0.15, 0.2) is 30.3 Å². The van der Waals surface area contributed by atoms with Gasteiger partial charge >= 0.3 is 0 Å². The number of piperidine rings is 1. The van der Waals surface area contributed by atoms with E-state index >= 15 is 0 Å². The number of sulfonamides is 1. The van der Waals surface area contributed by atoms with Crippen molar-refractivity contribution < 1.29 is 13.2 Å². The molecule has 3 saturated heterocycles. The van der Waals surface area contributed by atoms with E-state index in [1.807, 2.05) is 0 Å². The first kappa shape index (κ1) is 21.1. The summed E-state index contributed by atoms with van der Waals surface area (Å²) in [5.41, 5.74) is 1.18. The standard InChI is InChI=1S/C22H35N3O3S/c1-19(2)29(26,27)25-11-9-22(10-12-25)18-21(8-17-28-22)24-15-13-23(14-16-24)20-6-4-3-5-7-20/h3-7,19,21H,8-18H2,1-2H3/t21-/m1/s1. The Bertz CT molecular complexity index is 768. The van der Waals surface area contributed by atoms with Crippen LogP contribution in [0.4, 0.5) is 5.69 Å². The van der Waals surface area contributed by atoms with Crippen LogP contribution in [0.5, 0.6) is 0 Å². The van der Waals surface area contributed by atoms with Crippen molar-refractivity contribution in [2.24, 2.45) is 0 Å². The first-order chi connectivity index (χ1) is 13.9. The van der Waals surface area contributed by atoms with Crippen LogP contribution < -0.4 is 4.90 Å². The lowest BCUT2D eigenvalue weighted by atomic mass is 9.82. The molecule has 0 aromatic heterocycles. The summed E-state index contributed by atoms with van der Waals surface area (Å²) in [6.45, 7) is 9.81. The van der Waals surface area contributed by atoms with Crippen LogP contribution in [0.3, 0.4) is 0 Å². The maximum atomic E-state index is 12.5. The fourth-order valence-electron chi connectivity index (χ4n) is 5.09. The molecule has 7 heteroatoms. The van der Waals surface area contributed by atoms with E-state index in [0.717, 1.165) is 58.5 Å². The molecule has 0 unspecified atom stereocenters. The van der Waals surface area contributed by atoms with Crippen molar-refractivity contribution in [1.82, 2.24) is 9.21 Å². The number of anilines is 1. The van der Waals surface area contributed by atoms with Crippen molar-refractivity contribution in [1.29, 1.82) is 0 Å². The van der Waals surface area contributed by atoms with Crippen molar-refractivity contribution in [3.05, 3.63) is 30.3 Å². The SMILES string of the molecule is CC(C)S(=O)(=O)N1CCC2(CC1)C[C@H](N1CCN(c3ccccc3)CC1)CCO2. The molecule has 29 heavy (non-hydrogen) atoms. The fourth-order valence-corrected chi connectivity index (χ4v) is 6.38. The highest BCUT2D eigenvalue weighted by atomic mass is 32.2. The third kappa shape index (κ3) is 4.48. The predicted molar refractivity (Wildman–Crippen MR) is 117 cm³/mol. The molecule has 0 saturated carbocycles. The number of hydrogen-bond acceptors (Lipinski definition) is 5. The molecule has 1 aromatic rings. The Morgan fingerprint density at radius 2 is 1.66 bits per heavy atom. The Morgan fingerprint density at radius 1 is 1.00 bits per heavy atom. The maximum absolute atomic E-state index is 12.5. The molecule has 6 nitrogen and oxygen atoms in total. The third-order valence-corrected chi connectivity index (χ3v) is 9.28. The molecular weight excluding hydrogens is 386 g/mol. The monoisotopic (exact) mass is 421 g/mol. The summed E-state index contributed by atoms with van der Waals surface area (Å²) in [6.07, 6.45) is 3.76. The number of piperazine rings is 1. The van der Waals surface area contributed by atoms with Crippen molar-refractivity contribution in [3.8, 4) is 0 Å². The van der Waals surface area contributed by atoms with E-state index in [2.05, 4.69) is 40.1 Å². The molecule has 0 bridgehead atoms. The van der Waals surface area contributed by atoms with E-state index in [9.17, 15) is 8.42 Å². The van der Waals surface area contributed by atoms with Gasteiger partial charge in [0.25, 0.3) is 0 Å². The lowest BCUT2D eigenvalue weighted by molar-refractivity contribution is -0.127. The van der Waals surface area contributed by atoms with E-state index in [1.165, 1.54) is 5.69 Å². The molecule has 3 aliphatic rings. The molecule has 0 aliphatic carbocycles. The minimum absolute atomic E-state index is 0.136. The predicted octanol–water partition coefficient (Wildman–Crippen LogP) is 2.56. The molecule has 1 spiro atoms. The lowest BCUT2D eigenvalue weighted by Gasteiger charge is -2.49. The quantitative estimate of drug-likeness (QED) is 0.748. The van der Waals surface area contributed by atoms with Gasteiger partial charge in [0.05, 0.1) is 10.9 Å². The summed E-state index contributed by atoms with van der Waals surface area (Å²) in [6, 6.07) is 11.2. The van der Waals surface area contributed by atoms with Crippen LogP contribution in [0.2, 0.25) is 0 Å². The van der Waals surface area contributed by atoms with Gasteiger partial charge in [-0.05, 0) is 51.7 Å². The van der Waals surface area contributed by atoms with Crippen LogP contribution >= 0.6 is 0 Å². The molecule has 1 atom stereocenters. The second-order valence-electron chi connectivity index (χ2n) is 9.03. The zero-order chi connectivity index (χ0) is 20.5. The number of benzene rings is 1. The molecule has 0 radical (unpaired) electrons. The van der Waals surface area contributed by atoms with Crippen LogP contribution in [0.25, 0.3) is 0 Å². The first-order valence-corrected chi connectivity index (χ1v) is 12.6. The molecule has 0 N–H and O–H groups in total. The molecule has 3 aliphatic heterocycles. The van der Waals surface area contributed by atoms with Gasteiger partial charge in [0.15, 0.2) is 0 Å². The summed E-state index contributed by atoms with van der Waals surface area (Å²) in [5.74, 6) is 0. The second-order valence-corrected chi connectivity index (χ2v) is 11.5. The Balaban J connectivity index is 1.33. The highest BCUT2D eigenvalue weighted by Crippen LogP contribution is 2.38. The Labute approximate surface area is 175 Å². The van der Waals surface area contributed by atoms with Gasteiger partial charge in [-0.2, -0.15) is 0 Å². The van der Waals surface area contributed by atoms with Gasteiger partial charge in [0.1, 0.15) is 0 Å². The van der Waals surface area contributed by atoms with Gasteiger partial charge in [0, 0.05) is 57.6 Å². The molecule has 3 heterocycles. The second kappa shape index (κ2) is 8.53. The highest BCUT2D eigenvalue weighted by molar-refractivity contribution is 7.89. The number of ether oxygens (including phenoxy) is 1. The van der Waals surface area contributed by atoms with Gasteiger partial charge in [0.2, 0.25) is 10.0 Å². The van der Waals surface area contributed by atoms with Gasteiger partial charge in [-0.15, -0.1) is 0 Å². The van der Waals surface area contributed by atoms with E-state index in [1.54, 1.807) is 18.2 Å². The Kier molecular flexibility index (Phi) is 6.21. The molecule has 4 rings (SSSR count). The van der Waals surface area contributed by atoms with E-state index in [0.29, 0.717) is 19.1 Å². The average molecular weight is 422 g/mol. The molecule has 162 valence electrons. The molecular formula is C22H35N3O3S. The maximum Gasteiger partial charge on any atom is 0.216 e. The molecule has 1 aromatic carbocycles. The van der Waals surface area contributed by atoms with Crippen molar-refractivity contribution in [2.75, 3.05) is 50.8 Å². The summed E-state index contributed by atoms with van der Waals surface area (Å²) in [5, 5.41) is -0.350. The summed E-state index contributed by atoms with van der Waals surface area (Å²) in [4.78, 5) is 5.11. The van der Waals surface area contributed by atoms with Gasteiger partial charge in [-0.1, -0.05) is 18.2 Å². The van der Waals surface area contributed by atoms with Crippen molar-refractivity contribution >= 4 is 15.7 Å². The van der Waals surface area contributed by atoms with E-state index < -0.39 is 10.0 Å². The first-order valence-electron chi connectivity index (χ1n) is 11.1. The summed E-state index contributed by atoms with van der Waals surface area (Å²) in [7, 11) is -3.16. The molecule has 3 fully saturated rings. The zero-order valence-electron chi connectivity index (χ0n) is 17.8. The van der Waals surface area contributed by atoms with Gasteiger partial charge in [-0.3, -0.25) is 4.90 Å². The van der Waals surface area contributed by atoms with Gasteiger partial charge in [-0.25, -0.2) is 12.7 Å². The number of para-hydroxylation sites is 1. The Hall–Kier alpha value is -1.15. The van der Waals surface area contributed by atoms with E-state index in [-0.39, 0.29) is 10.9 Å². The summed E-state index contributed by atoms with van der Waals surface area (Å²) >= 11 is 0. The number of hydrogen-bond donors (Lipinski definition) is 0. The van der Waals surface area contributed by atoms with Crippen molar-refractivity contribution in [2.45, 2.75) is 56.4 Å². The van der Waals surface area contributed by atoms with Crippen LogP contribution in [0, 0.1) is 0 Å². The summed E-state index contributed by atoms with van der Waals surface area (Å²) < 4.78 is 32.9. The topological polar surface area (TPSA) is 53.1 Å². The minimum atomic E-state index is -3.16. The third-order valence-electron chi connectivity index (χ3n) is 7.01. The fraction of sp³-hybridized carbons (Fsp3) is 0.727. The molecule has 0 amide bonds. The highest BCUT2D eigenvalue weighted by Gasteiger charge is 2.44. The average Bonchev–Trinajstić information content (AvgIpc) is 2.75. The van der Waals surface area contributed by atoms with Crippen LogP contribution in [0.1, 0.15) is 39.5 Å².